The lowest BCUT2D eigenvalue weighted by Gasteiger charge is -2.10. The molecule has 4 heteroatoms. The van der Waals surface area contributed by atoms with E-state index >= 15 is 0 Å². The highest BCUT2D eigenvalue weighted by Gasteiger charge is 2.16. The summed E-state index contributed by atoms with van der Waals surface area (Å²) in [5, 5.41) is 0. The summed E-state index contributed by atoms with van der Waals surface area (Å²) in [6, 6.07) is 5.83. The summed E-state index contributed by atoms with van der Waals surface area (Å²) in [6.45, 7) is 2.02. The minimum Gasteiger partial charge on any atom is -0.319 e. The molecule has 0 saturated heterocycles. The van der Waals surface area contributed by atoms with Crippen molar-refractivity contribution in [3.05, 3.63) is 35.4 Å². The van der Waals surface area contributed by atoms with Gasteiger partial charge in [-0.15, -0.1) is 12.4 Å². The van der Waals surface area contributed by atoms with Gasteiger partial charge in [-0.25, -0.2) is 8.78 Å². The van der Waals surface area contributed by atoms with Crippen LogP contribution < -0.4 is 5.73 Å². The molecule has 0 aromatic heterocycles. The number of alkyl halides is 2. The van der Waals surface area contributed by atoms with Crippen molar-refractivity contribution in [2.45, 2.75) is 25.8 Å². The van der Waals surface area contributed by atoms with Gasteiger partial charge in [-0.3, -0.25) is 0 Å². The number of hydrogen-bond acceptors (Lipinski definition) is 1. The molecular weight excluding hydrogens is 208 g/mol. The highest BCUT2D eigenvalue weighted by Crippen LogP contribution is 2.18. The molecule has 1 nitrogen and oxygen atoms in total. The van der Waals surface area contributed by atoms with Crippen molar-refractivity contribution in [2.24, 2.45) is 5.73 Å². The van der Waals surface area contributed by atoms with Crippen LogP contribution in [0.2, 0.25) is 0 Å². The van der Waals surface area contributed by atoms with E-state index < -0.39 is 12.5 Å². The molecule has 1 atom stereocenters. The quantitative estimate of drug-likeness (QED) is 0.835. The van der Waals surface area contributed by atoms with Gasteiger partial charge < -0.3 is 5.73 Å². The monoisotopic (exact) mass is 221 g/mol. The van der Waals surface area contributed by atoms with Crippen LogP contribution in [-0.4, -0.2) is 6.43 Å². The molecule has 0 spiro atoms. The van der Waals surface area contributed by atoms with E-state index in [9.17, 15) is 8.78 Å². The predicted molar refractivity (Wildman–Crippen MR) is 56.0 cm³/mol. The lowest BCUT2D eigenvalue weighted by atomic mass is 10.1. The lowest BCUT2D eigenvalue weighted by molar-refractivity contribution is 0.116. The van der Waals surface area contributed by atoms with Crippen LogP contribution in [0.1, 0.15) is 24.1 Å². The van der Waals surface area contributed by atoms with Crippen molar-refractivity contribution in [1.29, 1.82) is 0 Å². The van der Waals surface area contributed by atoms with E-state index in [0.29, 0.717) is 5.56 Å². The molecule has 0 saturated carbocycles. The van der Waals surface area contributed by atoms with Gasteiger partial charge in [0.05, 0.1) is 6.04 Å². The van der Waals surface area contributed by atoms with Crippen LogP contribution in [0.5, 0.6) is 0 Å². The van der Waals surface area contributed by atoms with E-state index in [1.165, 1.54) is 0 Å². The van der Waals surface area contributed by atoms with Gasteiger partial charge in [-0.05, 0) is 17.5 Å². The third-order valence-corrected chi connectivity index (χ3v) is 2.04. The number of rotatable bonds is 3. The highest BCUT2D eigenvalue weighted by atomic mass is 35.5. The molecule has 2 N–H and O–H groups in total. The van der Waals surface area contributed by atoms with Gasteiger partial charge in [-0.2, -0.15) is 0 Å². The zero-order valence-electron chi connectivity index (χ0n) is 7.91. The van der Waals surface area contributed by atoms with Gasteiger partial charge >= 0.3 is 0 Å². The van der Waals surface area contributed by atoms with Gasteiger partial charge in [-0.1, -0.05) is 31.2 Å². The van der Waals surface area contributed by atoms with E-state index in [0.717, 1.165) is 12.0 Å². The van der Waals surface area contributed by atoms with Gasteiger partial charge in [0.25, 0.3) is 6.43 Å². The van der Waals surface area contributed by atoms with Crippen LogP contribution in [-0.2, 0) is 6.42 Å². The van der Waals surface area contributed by atoms with Crippen LogP contribution in [0.4, 0.5) is 8.78 Å². The molecule has 0 radical (unpaired) electrons. The number of benzene rings is 1. The first-order valence-electron chi connectivity index (χ1n) is 4.27. The van der Waals surface area contributed by atoms with Crippen molar-refractivity contribution < 1.29 is 8.78 Å². The fourth-order valence-electron chi connectivity index (χ4n) is 1.12. The van der Waals surface area contributed by atoms with Crippen molar-refractivity contribution in [3.8, 4) is 0 Å². The molecule has 14 heavy (non-hydrogen) atoms. The van der Waals surface area contributed by atoms with Crippen molar-refractivity contribution >= 4 is 12.4 Å². The Balaban J connectivity index is 0.00000169. The Hall–Kier alpha value is -0.670. The maximum atomic E-state index is 12.2. The Morgan fingerprint density at radius 3 is 2.07 bits per heavy atom. The first-order chi connectivity index (χ1) is 6.15. The number of hydrogen-bond donors (Lipinski definition) is 1. The molecule has 0 bridgehead atoms. The molecule has 0 amide bonds. The van der Waals surface area contributed by atoms with E-state index in [4.69, 9.17) is 5.73 Å². The third-order valence-electron chi connectivity index (χ3n) is 2.04. The predicted octanol–water partition coefficient (Wildman–Crippen LogP) is 2.94. The minimum absolute atomic E-state index is 0. The summed E-state index contributed by atoms with van der Waals surface area (Å²) in [5.74, 6) is 0. The summed E-state index contributed by atoms with van der Waals surface area (Å²) in [7, 11) is 0. The molecular formula is C10H14ClF2N. The Morgan fingerprint density at radius 1 is 1.21 bits per heavy atom. The van der Waals surface area contributed by atoms with Crippen molar-refractivity contribution in [3.63, 3.8) is 0 Å². The Kier molecular flexibility index (Phi) is 5.65. The fraction of sp³-hybridized carbons (Fsp3) is 0.400. The lowest BCUT2D eigenvalue weighted by Crippen LogP contribution is -2.18. The van der Waals surface area contributed by atoms with Gasteiger partial charge in [0, 0.05) is 0 Å². The van der Waals surface area contributed by atoms with Crippen molar-refractivity contribution in [2.75, 3.05) is 0 Å². The molecule has 0 unspecified atom stereocenters. The molecule has 0 aliphatic rings. The van der Waals surface area contributed by atoms with E-state index in [2.05, 4.69) is 0 Å². The van der Waals surface area contributed by atoms with Gasteiger partial charge in [0.15, 0.2) is 0 Å². The first kappa shape index (κ1) is 13.3. The summed E-state index contributed by atoms with van der Waals surface area (Å²) < 4.78 is 24.3. The maximum Gasteiger partial charge on any atom is 0.257 e. The van der Waals surface area contributed by atoms with E-state index in [-0.39, 0.29) is 12.4 Å². The molecule has 0 aliphatic carbocycles. The second-order valence-corrected chi connectivity index (χ2v) is 2.96. The van der Waals surface area contributed by atoms with E-state index in [1.54, 1.807) is 12.1 Å². The molecule has 0 fully saturated rings. The summed E-state index contributed by atoms with van der Waals surface area (Å²) in [5.41, 5.74) is 6.90. The summed E-state index contributed by atoms with van der Waals surface area (Å²) >= 11 is 0. The Morgan fingerprint density at radius 2 is 1.71 bits per heavy atom. The van der Waals surface area contributed by atoms with E-state index in [1.807, 2.05) is 19.1 Å². The zero-order valence-corrected chi connectivity index (χ0v) is 8.73. The average molecular weight is 222 g/mol. The topological polar surface area (TPSA) is 26.0 Å². The maximum absolute atomic E-state index is 12.2. The normalized spacial score (nSPS) is 12.4. The van der Waals surface area contributed by atoms with Gasteiger partial charge in [0.2, 0.25) is 0 Å². The molecule has 0 heterocycles. The zero-order chi connectivity index (χ0) is 9.84. The number of nitrogens with two attached hydrogens (primary N) is 1. The molecule has 80 valence electrons. The van der Waals surface area contributed by atoms with Crippen LogP contribution >= 0.6 is 12.4 Å². The SMILES string of the molecule is CCc1ccc([C@@H](N)C(F)F)cc1.Cl. The molecule has 0 aliphatic heterocycles. The fourth-order valence-corrected chi connectivity index (χ4v) is 1.12. The average Bonchev–Trinajstić information content (AvgIpc) is 2.17. The van der Waals surface area contributed by atoms with Crippen LogP contribution in [0, 0.1) is 0 Å². The van der Waals surface area contributed by atoms with Crippen LogP contribution in [0.25, 0.3) is 0 Å². The Labute approximate surface area is 88.7 Å². The number of aryl methyl sites for hydroxylation is 1. The third kappa shape index (κ3) is 3.24. The molecule has 1 aromatic rings. The summed E-state index contributed by atoms with van der Waals surface area (Å²) in [6.07, 6.45) is -1.59. The van der Waals surface area contributed by atoms with Crippen LogP contribution in [0.15, 0.2) is 24.3 Å². The first-order valence-corrected chi connectivity index (χ1v) is 4.27. The second-order valence-electron chi connectivity index (χ2n) is 2.96. The smallest absolute Gasteiger partial charge is 0.257 e. The standard InChI is InChI=1S/C10H13F2N.ClH/c1-2-7-3-5-8(6-4-7)9(13)10(11)12;/h3-6,9-10H,2,13H2,1H3;1H/t9-;/m1./s1. The Bertz CT molecular complexity index is 261. The summed E-state index contributed by atoms with van der Waals surface area (Å²) in [4.78, 5) is 0. The highest BCUT2D eigenvalue weighted by molar-refractivity contribution is 5.85. The largest absolute Gasteiger partial charge is 0.319 e. The second kappa shape index (κ2) is 5.94. The van der Waals surface area contributed by atoms with Gasteiger partial charge in [0.1, 0.15) is 0 Å². The van der Waals surface area contributed by atoms with Crippen molar-refractivity contribution in [1.82, 2.24) is 0 Å². The van der Waals surface area contributed by atoms with Crippen LogP contribution in [0.3, 0.4) is 0 Å². The molecule has 1 rings (SSSR count). The number of halogens is 3. The molecule has 1 aromatic carbocycles. The minimum atomic E-state index is -2.49.